The fraction of sp³-hybridized carbons (Fsp3) is 0.500. The minimum absolute atomic E-state index is 0.141. The van der Waals surface area contributed by atoms with E-state index in [0.29, 0.717) is 31.9 Å². The third-order valence-electron chi connectivity index (χ3n) is 5.28. The van der Waals surface area contributed by atoms with Crippen molar-refractivity contribution >= 4 is 21.7 Å². The van der Waals surface area contributed by atoms with Crippen molar-refractivity contribution in [2.45, 2.75) is 18.7 Å². The molecule has 2 aromatic rings. The number of piperazine rings is 1. The monoisotopic (exact) mass is 435 g/mol. The van der Waals surface area contributed by atoms with Crippen LogP contribution in [0.4, 0.5) is 11.6 Å². The molecule has 2 heterocycles. The quantitative estimate of drug-likeness (QED) is 0.621. The van der Waals surface area contributed by atoms with Gasteiger partial charge in [-0.1, -0.05) is 0 Å². The normalized spacial score (nSPS) is 15.1. The second-order valence-corrected chi connectivity index (χ2v) is 8.74. The zero-order valence-corrected chi connectivity index (χ0v) is 18.7. The van der Waals surface area contributed by atoms with E-state index in [4.69, 9.17) is 9.47 Å². The van der Waals surface area contributed by atoms with Gasteiger partial charge in [-0.05, 0) is 38.1 Å². The summed E-state index contributed by atoms with van der Waals surface area (Å²) in [6, 6.07) is 8.63. The van der Waals surface area contributed by atoms with Crippen LogP contribution < -0.4 is 19.3 Å². The highest BCUT2D eigenvalue weighted by atomic mass is 32.2. The van der Waals surface area contributed by atoms with E-state index in [1.165, 1.54) is 24.6 Å². The van der Waals surface area contributed by atoms with Crippen molar-refractivity contribution in [3.8, 4) is 11.5 Å². The summed E-state index contributed by atoms with van der Waals surface area (Å²) in [7, 11) is -0.699. The third kappa shape index (κ3) is 4.44. The first-order chi connectivity index (χ1) is 14.4. The van der Waals surface area contributed by atoms with Crippen LogP contribution in [0.25, 0.3) is 0 Å². The van der Waals surface area contributed by atoms with E-state index in [2.05, 4.69) is 33.8 Å². The van der Waals surface area contributed by atoms with E-state index in [1.54, 1.807) is 12.1 Å². The van der Waals surface area contributed by atoms with Crippen LogP contribution in [0.15, 0.2) is 35.2 Å². The molecule has 0 aliphatic carbocycles. The first-order valence-electron chi connectivity index (χ1n) is 10.00. The van der Waals surface area contributed by atoms with Crippen LogP contribution >= 0.6 is 0 Å². The highest BCUT2D eigenvalue weighted by molar-refractivity contribution is 7.89. The number of benzene rings is 1. The van der Waals surface area contributed by atoms with Gasteiger partial charge in [0, 0.05) is 45.3 Å². The summed E-state index contributed by atoms with van der Waals surface area (Å²) in [5.41, 5.74) is 0. The molecule has 1 aromatic heterocycles. The van der Waals surface area contributed by atoms with Gasteiger partial charge in [-0.15, -0.1) is 10.2 Å². The number of nitrogens with zero attached hydrogens (tertiary/aromatic N) is 5. The Morgan fingerprint density at radius 3 is 2.20 bits per heavy atom. The summed E-state index contributed by atoms with van der Waals surface area (Å²) < 4.78 is 38.2. The van der Waals surface area contributed by atoms with Gasteiger partial charge in [0.2, 0.25) is 10.0 Å². The average Bonchev–Trinajstić information content (AvgIpc) is 2.80. The molecule has 0 unspecified atom stereocenters. The lowest BCUT2D eigenvalue weighted by atomic mass is 10.3. The molecule has 164 valence electrons. The Morgan fingerprint density at radius 1 is 0.967 bits per heavy atom. The Hall–Kier alpha value is -2.59. The average molecular weight is 436 g/mol. The predicted molar refractivity (Wildman–Crippen MR) is 116 cm³/mol. The van der Waals surface area contributed by atoms with E-state index in [1.807, 2.05) is 12.1 Å². The Bertz CT molecular complexity index is 940. The Labute approximate surface area is 178 Å². The maximum atomic E-state index is 13.1. The SMILES string of the molecule is CCN(CC)c1ccc(N2CCN(S(=O)(=O)c3ccc(OC)cc3OC)CC2)nn1. The van der Waals surface area contributed by atoms with Gasteiger partial charge in [0.25, 0.3) is 0 Å². The molecule has 0 N–H and O–H groups in total. The fourth-order valence-corrected chi connectivity index (χ4v) is 5.05. The van der Waals surface area contributed by atoms with Gasteiger partial charge in [-0.25, -0.2) is 8.42 Å². The van der Waals surface area contributed by atoms with E-state index in [0.717, 1.165) is 24.7 Å². The van der Waals surface area contributed by atoms with Crippen molar-refractivity contribution in [3.05, 3.63) is 30.3 Å². The van der Waals surface area contributed by atoms with Crippen molar-refractivity contribution in [1.29, 1.82) is 0 Å². The van der Waals surface area contributed by atoms with Gasteiger partial charge in [0.15, 0.2) is 11.6 Å². The minimum atomic E-state index is -3.68. The van der Waals surface area contributed by atoms with Gasteiger partial charge in [0.05, 0.1) is 14.2 Å². The van der Waals surface area contributed by atoms with E-state index < -0.39 is 10.0 Å². The molecule has 0 radical (unpaired) electrons. The molecular formula is C20H29N5O4S. The minimum Gasteiger partial charge on any atom is -0.497 e. The lowest BCUT2D eigenvalue weighted by Gasteiger charge is -2.34. The van der Waals surface area contributed by atoms with Crippen molar-refractivity contribution in [3.63, 3.8) is 0 Å². The second kappa shape index (κ2) is 9.48. The number of methoxy groups -OCH3 is 2. The first kappa shape index (κ1) is 22.1. The molecule has 1 aliphatic heterocycles. The summed E-state index contributed by atoms with van der Waals surface area (Å²) in [4.78, 5) is 4.32. The molecule has 30 heavy (non-hydrogen) atoms. The van der Waals surface area contributed by atoms with E-state index in [-0.39, 0.29) is 10.6 Å². The Balaban J connectivity index is 1.70. The van der Waals surface area contributed by atoms with Crippen LogP contribution in [-0.4, -0.2) is 76.4 Å². The second-order valence-electron chi connectivity index (χ2n) is 6.83. The largest absolute Gasteiger partial charge is 0.497 e. The zero-order chi connectivity index (χ0) is 21.7. The molecule has 9 nitrogen and oxygen atoms in total. The lowest BCUT2D eigenvalue weighted by Crippen LogP contribution is -2.49. The third-order valence-corrected chi connectivity index (χ3v) is 7.21. The van der Waals surface area contributed by atoms with Gasteiger partial charge in [-0.3, -0.25) is 0 Å². The number of ether oxygens (including phenoxy) is 2. The highest BCUT2D eigenvalue weighted by Crippen LogP contribution is 2.31. The molecule has 10 heteroatoms. The van der Waals surface area contributed by atoms with Crippen molar-refractivity contribution < 1.29 is 17.9 Å². The molecule has 0 spiro atoms. The molecule has 0 atom stereocenters. The van der Waals surface area contributed by atoms with Gasteiger partial charge in [-0.2, -0.15) is 4.31 Å². The predicted octanol–water partition coefficient (Wildman–Crippen LogP) is 1.85. The standard InChI is InChI=1S/C20H29N5O4S/c1-5-23(6-2)19-9-10-20(22-21-19)24-11-13-25(14-12-24)30(26,27)18-8-7-16(28-3)15-17(18)29-4/h7-10,15H,5-6,11-14H2,1-4H3. The smallest absolute Gasteiger partial charge is 0.246 e. The number of anilines is 2. The van der Waals surface area contributed by atoms with Crippen LogP contribution in [0.3, 0.4) is 0 Å². The molecule has 1 saturated heterocycles. The van der Waals surface area contributed by atoms with Crippen LogP contribution in [-0.2, 0) is 10.0 Å². The molecule has 0 amide bonds. The summed E-state index contributed by atoms with van der Waals surface area (Å²) in [6.07, 6.45) is 0. The van der Waals surface area contributed by atoms with Gasteiger partial charge < -0.3 is 19.3 Å². The first-order valence-corrected chi connectivity index (χ1v) is 11.4. The molecular weight excluding hydrogens is 406 g/mol. The van der Waals surface area contributed by atoms with Crippen LogP contribution in [0, 0.1) is 0 Å². The van der Waals surface area contributed by atoms with Crippen molar-refractivity contribution in [1.82, 2.24) is 14.5 Å². The molecule has 1 fully saturated rings. The number of aromatic nitrogens is 2. The number of hydrogen-bond donors (Lipinski definition) is 0. The summed E-state index contributed by atoms with van der Waals surface area (Å²) in [5.74, 6) is 2.42. The molecule has 0 saturated carbocycles. The number of hydrogen-bond acceptors (Lipinski definition) is 8. The number of rotatable bonds is 8. The van der Waals surface area contributed by atoms with Gasteiger partial charge in [0.1, 0.15) is 16.4 Å². The van der Waals surface area contributed by atoms with Crippen LogP contribution in [0.1, 0.15) is 13.8 Å². The summed E-state index contributed by atoms with van der Waals surface area (Å²) in [6.45, 7) is 7.70. The molecule has 3 rings (SSSR count). The topological polar surface area (TPSA) is 88.1 Å². The maximum Gasteiger partial charge on any atom is 0.246 e. The number of sulfonamides is 1. The molecule has 0 bridgehead atoms. The van der Waals surface area contributed by atoms with E-state index in [9.17, 15) is 8.42 Å². The van der Waals surface area contributed by atoms with Crippen LogP contribution in [0.2, 0.25) is 0 Å². The summed E-state index contributed by atoms with van der Waals surface area (Å²) >= 11 is 0. The summed E-state index contributed by atoms with van der Waals surface area (Å²) in [5, 5.41) is 8.67. The molecule has 1 aliphatic rings. The Kier molecular flexibility index (Phi) is 6.99. The van der Waals surface area contributed by atoms with Crippen molar-refractivity contribution in [2.75, 3.05) is 63.3 Å². The fourth-order valence-electron chi connectivity index (χ4n) is 3.49. The lowest BCUT2D eigenvalue weighted by molar-refractivity contribution is 0.369. The Morgan fingerprint density at radius 2 is 1.67 bits per heavy atom. The van der Waals surface area contributed by atoms with Crippen molar-refractivity contribution in [2.24, 2.45) is 0 Å². The molecule has 1 aromatic carbocycles. The van der Waals surface area contributed by atoms with Crippen LogP contribution in [0.5, 0.6) is 11.5 Å². The van der Waals surface area contributed by atoms with E-state index >= 15 is 0 Å². The highest BCUT2D eigenvalue weighted by Gasteiger charge is 2.31. The van der Waals surface area contributed by atoms with Gasteiger partial charge >= 0.3 is 0 Å². The zero-order valence-electron chi connectivity index (χ0n) is 17.9. The maximum absolute atomic E-state index is 13.1.